The van der Waals surface area contributed by atoms with Crippen molar-refractivity contribution in [3.05, 3.63) is 64.8 Å². The van der Waals surface area contributed by atoms with Gasteiger partial charge in [0.2, 0.25) is 0 Å². The number of halogens is 2. The van der Waals surface area contributed by atoms with Crippen molar-refractivity contribution >= 4 is 21.6 Å². The number of hydrogen-bond donors (Lipinski definition) is 1. The number of anilines is 1. The van der Waals surface area contributed by atoms with Crippen molar-refractivity contribution in [2.75, 3.05) is 5.73 Å². The van der Waals surface area contributed by atoms with Crippen molar-refractivity contribution in [1.82, 2.24) is 14.8 Å². The van der Waals surface area contributed by atoms with E-state index >= 15 is 0 Å². The third kappa shape index (κ3) is 3.11. The SMILES string of the molecule is Nc1cn(Cc2cccc(Br)c2)nc1-c1cncc(F)c1. The van der Waals surface area contributed by atoms with Crippen LogP contribution in [0.4, 0.5) is 10.1 Å². The van der Waals surface area contributed by atoms with Gasteiger partial charge in [0.1, 0.15) is 11.5 Å². The quantitative estimate of drug-likeness (QED) is 0.789. The lowest BCUT2D eigenvalue weighted by Gasteiger charge is -2.02. The van der Waals surface area contributed by atoms with E-state index in [9.17, 15) is 4.39 Å². The molecule has 4 nitrogen and oxygen atoms in total. The number of rotatable bonds is 3. The predicted octanol–water partition coefficient (Wildman–Crippen LogP) is 3.48. The van der Waals surface area contributed by atoms with Crippen LogP contribution in [-0.2, 0) is 6.54 Å². The fraction of sp³-hybridized carbons (Fsp3) is 0.0667. The molecular weight excluding hydrogens is 335 g/mol. The van der Waals surface area contributed by atoms with E-state index in [-0.39, 0.29) is 0 Å². The van der Waals surface area contributed by atoms with Crippen molar-refractivity contribution < 1.29 is 4.39 Å². The average Bonchev–Trinajstić information content (AvgIpc) is 2.79. The summed E-state index contributed by atoms with van der Waals surface area (Å²) in [5.74, 6) is -0.409. The summed E-state index contributed by atoms with van der Waals surface area (Å²) in [6.07, 6.45) is 4.44. The fourth-order valence-corrected chi connectivity index (χ4v) is 2.55. The van der Waals surface area contributed by atoms with Gasteiger partial charge in [-0.1, -0.05) is 28.1 Å². The Morgan fingerprint density at radius 3 is 2.86 bits per heavy atom. The van der Waals surface area contributed by atoms with Crippen LogP contribution < -0.4 is 5.73 Å². The van der Waals surface area contributed by atoms with Crippen LogP contribution in [0.2, 0.25) is 0 Å². The minimum Gasteiger partial charge on any atom is -0.396 e. The third-order valence-electron chi connectivity index (χ3n) is 3.00. The van der Waals surface area contributed by atoms with Gasteiger partial charge in [-0.15, -0.1) is 0 Å². The molecule has 3 aromatic rings. The highest BCUT2D eigenvalue weighted by molar-refractivity contribution is 9.10. The lowest BCUT2D eigenvalue weighted by Crippen LogP contribution is -2.00. The van der Waals surface area contributed by atoms with E-state index in [0.29, 0.717) is 23.5 Å². The molecule has 0 aliphatic rings. The van der Waals surface area contributed by atoms with E-state index in [1.54, 1.807) is 17.1 Å². The molecular formula is C15H12BrFN4. The smallest absolute Gasteiger partial charge is 0.142 e. The van der Waals surface area contributed by atoms with Crippen LogP contribution in [0.15, 0.2) is 53.4 Å². The molecule has 0 bridgehead atoms. The van der Waals surface area contributed by atoms with Gasteiger partial charge in [0.05, 0.1) is 18.4 Å². The zero-order valence-corrected chi connectivity index (χ0v) is 12.6. The molecule has 0 saturated carbocycles. The number of nitrogens with two attached hydrogens (primary N) is 1. The van der Waals surface area contributed by atoms with Gasteiger partial charge in [-0.25, -0.2) is 4.39 Å². The summed E-state index contributed by atoms with van der Waals surface area (Å²) in [5.41, 5.74) is 8.66. The van der Waals surface area contributed by atoms with E-state index in [4.69, 9.17) is 5.73 Å². The maximum atomic E-state index is 13.2. The first kappa shape index (κ1) is 13.8. The van der Waals surface area contributed by atoms with Crippen LogP contribution in [-0.4, -0.2) is 14.8 Å². The molecule has 21 heavy (non-hydrogen) atoms. The van der Waals surface area contributed by atoms with E-state index < -0.39 is 5.82 Å². The first-order chi connectivity index (χ1) is 10.1. The Kier molecular flexibility index (Phi) is 3.70. The summed E-state index contributed by atoms with van der Waals surface area (Å²) in [6, 6.07) is 9.32. The number of pyridine rings is 1. The molecule has 0 radical (unpaired) electrons. The van der Waals surface area contributed by atoms with Crippen LogP contribution >= 0.6 is 15.9 Å². The van der Waals surface area contributed by atoms with Crippen LogP contribution in [0.25, 0.3) is 11.3 Å². The normalized spacial score (nSPS) is 10.8. The topological polar surface area (TPSA) is 56.7 Å². The lowest BCUT2D eigenvalue weighted by molar-refractivity contribution is 0.621. The molecule has 0 spiro atoms. The first-order valence-corrected chi connectivity index (χ1v) is 7.09. The monoisotopic (exact) mass is 346 g/mol. The standard InChI is InChI=1S/C15H12BrFN4/c16-12-3-1-2-10(4-12)8-21-9-14(18)15(20-21)11-5-13(17)7-19-6-11/h1-7,9H,8,18H2. The number of nitrogens with zero attached hydrogens (tertiary/aromatic N) is 3. The summed E-state index contributed by atoms with van der Waals surface area (Å²) in [4.78, 5) is 3.82. The highest BCUT2D eigenvalue weighted by Gasteiger charge is 2.10. The van der Waals surface area contributed by atoms with Crippen LogP contribution in [0, 0.1) is 5.82 Å². The van der Waals surface area contributed by atoms with Crippen molar-refractivity contribution in [3.63, 3.8) is 0 Å². The second kappa shape index (κ2) is 5.65. The van der Waals surface area contributed by atoms with Gasteiger partial charge in [-0.2, -0.15) is 5.10 Å². The number of benzene rings is 1. The minimum atomic E-state index is -0.409. The molecule has 0 fully saturated rings. The van der Waals surface area contributed by atoms with E-state index in [0.717, 1.165) is 16.2 Å². The maximum absolute atomic E-state index is 13.2. The molecule has 0 aliphatic heterocycles. The highest BCUT2D eigenvalue weighted by Crippen LogP contribution is 2.24. The van der Waals surface area contributed by atoms with Crippen LogP contribution in [0.3, 0.4) is 0 Å². The van der Waals surface area contributed by atoms with Gasteiger partial charge in [-0.3, -0.25) is 9.67 Å². The van der Waals surface area contributed by atoms with Crippen molar-refractivity contribution in [1.29, 1.82) is 0 Å². The largest absolute Gasteiger partial charge is 0.396 e. The second-order valence-corrected chi connectivity index (χ2v) is 5.57. The minimum absolute atomic E-state index is 0.409. The molecule has 0 aliphatic carbocycles. The molecule has 2 N–H and O–H groups in total. The third-order valence-corrected chi connectivity index (χ3v) is 3.50. The van der Waals surface area contributed by atoms with Crippen LogP contribution in [0.1, 0.15) is 5.56 Å². The Bertz CT molecular complexity index is 785. The number of nitrogen functional groups attached to an aromatic ring is 1. The van der Waals surface area contributed by atoms with Crippen molar-refractivity contribution in [2.24, 2.45) is 0 Å². The zero-order valence-electron chi connectivity index (χ0n) is 11.0. The molecule has 3 rings (SSSR count). The Balaban J connectivity index is 1.91. The molecule has 2 heterocycles. The molecule has 2 aromatic heterocycles. The van der Waals surface area contributed by atoms with Gasteiger partial charge < -0.3 is 5.73 Å². The zero-order chi connectivity index (χ0) is 14.8. The summed E-state index contributed by atoms with van der Waals surface area (Å²) in [5, 5.41) is 4.42. The summed E-state index contributed by atoms with van der Waals surface area (Å²) >= 11 is 3.44. The number of aromatic nitrogens is 3. The highest BCUT2D eigenvalue weighted by atomic mass is 79.9. The predicted molar refractivity (Wildman–Crippen MR) is 83.1 cm³/mol. The van der Waals surface area contributed by atoms with Crippen molar-refractivity contribution in [3.8, 4) is 11.3 Å². The molecule has 1 aromatic carbocycles. The summed E-state index contributed by atoms with van der Waals surface area (Å²) < 4.78 is 16.0. The van der Waals surface area contributed by atoms with Gasteiger partial charge in [0.15, 0.2) is 0 Å². The first-order valence-electron chi connectivity index (χ1n) is 6.30. The van der Waals surface area contributed by atoms with E-state index in [1.807, 2.05) is 24.3 Å². The lowest BCUT2D eigenvalue weighted by atomic mass is 10.2. The molecule has 0 atom stereocenters. The van der Waals surface area contributed by atoms with Gasteiger partial charge in [-0.05, 0) is 23.8 Å². The number of hydrogen-bond acceptors (Lipinski definition) is 3. The Morgan fingerprint density at radius 2 is 2.10 bits per heavy atom. The molecule has 0 unspecified atom stereocenters. The molecule has 6 heteroatoms. The van der Waals surface area contributed by atoms with Crippen molar-refractivity contribution in [2.45, 2.75) is 6.54 Å². The summed E-state index contributed by atoms with van der Waals surface area (Å²) in [6.45, 7) is 0.590. The molecule has 0 amide bonds. The Hall–Kier alpha value is -2.21. The molecule has 106 valence electrons. The van der Waals surface area contributed by atoms with Gasteiger partial charge >= 0.3 is 0 Å². The van der Waals surface area contributed by atoms with Gasteiger partial charge in [0, 0.05) is 22.4 Å². The van der Waals surface area contributed by atoms with E-state index in [1.165, 1.54) is 6.07 Å². The van der Waals surface area contributed by atoms with Crippen LogP contribution in [0.5, 0.6) is 0 Å². The fourth-order valence-electron chi connectivity index (χ4n) is 2.11. The molecule has 0 saturated heterocycles. The summed E-state index contributed by atoms with van der Waals surface area (Å²) in [7, 11) is 0. The second-order valence-electron chi connectivity index (χ2n) is 4.65. The van der Waals surface area contributed by atoms with E-state index in [2.05, 4.69) is 26.0 Å². The maximum Gasteiger partial charge on any atom is 0.142 e. The Labute approximate surface area is 129 Å². The average molecular weight is 347 g/mol. The Morgan fingerprint density at radius 1 is 1.24 bits per heavy atom. The van der Waals surface area contributed by atoms with Gasteiger partial charge in [0.25, 0.3) is 0 Å².